The van der Waals surface area contributed by atoms with Gasteiger partial charge in [-0.2, -0.15) is 0 Å². The third kappa shape index (κ3) is 5.20. The minimum atomic E-state index is -0.129. The molecular weight excluding hydrogens is 240 g/mol. The Hall–Kier alpha value is -1.71. The molecule has 2 N–H and O–H groups in total. The van der Waals surface area contributed by atoms with E-state index in [2.05, 4.69) is 10.6 Å². The van der Waals surface area contributed by atoms with Crippen molar-refractivity contribution in [2.45, 2.75) is 46.2 Å². The average molecular weight is 264 g/mol. The van der Waals surface area contributed by atoms with Gasteiger partial charge in [0.1, 0.15) is 5.75 Å². The maximum absolute atomic E-state index is 11.7. The zero-order valence-electron chi connectivity index (χ0n) is 12.2. The zero-order chi connectivity index (χ0) is 14.3. The normalized spacial score (nSPS) is 13.5. The predicted octanol–water partition coefficient (Wildman–Crippen LogP) is 3.24. The van der Waals surface area contributed by atoms with Gasteiger partial charge in [-0.15, -0.1) is 0 Å². The van der Waals surface area contributed by atoms with E-state index in [1.807, 2.05) is 52.0 Å². The Balaban J connectivity index is 2.52. The number of amides is 2. The van der Waals surface area contributed by atoms with Gasteiger partial charge in [0.15, 0.2) is 0 Å². The third-order valence-electron chi connectivity index (χ3n) is 3.03. The molecule has 0 saturated heterocycles. The maximum Gasteiger partial charge on any atom is 0.315 e. The summed E-state index contributed by atoms with van der Waals surface area (Å²) in [5.74, 6) is 0.850. The second kappa shape index (κ2) is 7.67. The van der Waals surface area contributed by atoms with Crippen molar-refractivity contribution >= 4 is 6.03 Å². The van der Waals surface area contributed by atoms with E-state index in [1.54, 1.807) is 0 Å². The molecule has 0 aromatic heterocycles. The molecular formula is C15H24N2O2. The number of urea groups is 1. The van der Waals surface area contributed by atoms with Crippen LogP contribution in [-0.2, 0) is 0 Å². The van der Waals surface area contributed by atoms with Crippen molar-refractivity contribution in [2.75, 3.05) is 6.61 Å². The molecule has 0 unspecified atom stereocenters. The minimum Gasteiger partial charge on any atom is -0.494 e. The Bertz CT molecular complexity index is 390. The number of carbonyl (C=O) groups excluding carboxylic acids is 1. The Labute approximate surface area is 115 Å². The van der Waals surface area contributed by atoms with Gasteiger partial charge in [-0.05, 0) is 44.9 Å². The Morgan fingerprint density at radius 3 is 2.32 bits per heavy atom. The largest absolute Gasteiger partial charge is 0.494 e. The summed E-state index contributed by atoms with van der Waals surface area (Å²) in [5.41, 5.74) is 1.06. The third-order valence-corrected chi connectivity index (χ3v) is 3.03. The number of rotatable bonds is 6. The van der Waals surface area contributed by atoms with Crippen LogP contribution in [0.4, 0.5) is 4.79 Å². The first kappa shape index (κ1) is 15.3. The van der Waals surface area contributed by atoms with E-state index < -0.39 is 0 Å². The molecule has 106 valence electrons. The maximum atomic E-state index is 11.7. The van der Waals surface area contributed by atoms with Crippen molar-refractivity contribution in [3.05, 3.63) is 29.8 Å². The molecule has 1 rings (SSSR count). The van der Waals surface area contributed by atoms with Gasteiger partial charge in [0.2, 0.25) is 0 Å². The van der Waals surface area contributed by atoms with Gasteiger partial charge in [-0.3, -0.25) is 0 Å². The lowest BCUT2D eigenvalue weighted by molar-refractivity contribution is 0.234. The summed E-state index contributed by atoms with van der Waals surface area (Å²) in [6.45, 7) is 8.61. The van der Waals surface area contributed by atoms with Crippen LogP contribution in [-0.4, -0.2) is 18.7 Å². The predicted molar refractivity (Wildman–Crippen MR) is 77.4 cm³/mol. The average Bonchev–Trinajstić information content (AvgIpc) is 2.39. The number of nitrogens with one attached hydrogen (secondary N) is 2. The summed E-state index contributed by atoms with van der Waals surface area (Å²) in [6, 6.07) is 7.81. The molecule has 0 aliphatic carbocycles. The molecule has 0 radical (unpaired) electrons. The van der Waals surface area contributed by atoms with Crippen LogP contribution in [0.5, 0.6) is 5.75 Å². The molecule has 19 heavy (non-hydrogen) atoms. The summed E-state index contributed by atoms with van der Waals surface area (Å²) in [7, 11) is 0. The Morgan fingerprint density at radius 1 is 1.16 bits per heavy atom. The highest BCUT2D eigenvalue weighted by atomic mass is 16.5. The fraction of sp³-hybridized carbons (Fsp3) is 0.533. The molecule has 0 bridgehead atoms. The Kier molecular flexibility index (Phi) is 6.19. The van der Waals surface area contributed by atoms with E-state index in [0.717, 1.165) is 17.7 Å². The van der Waals surface area contributed by atoms with Gasteiger partial charge in [-0.25, -0.2) is 4.79 Å². The highest BCUT2D eigenvalue weighted by Gasteiger charge is 2.10. The second-order valence-corrected chi connectivity index (χ2v) is 4.65. The van der Waals surface area contributed by atoms with Crippen LogP contribution < -0.4 is 15.4 Å². The molecule has 1 aromatic rings. The summed E-state index contributed by atoms with van der Waals surface area (Å²) < 4.78 is 5.39. The first-order valence-corrected chi connectivity index (χ1v) is 6.86. The van der Waals surface area contributed by atoms with E-state index in [1.165, 1.54) is 0 Å². The number of hydrogen-bond acceptors (Lipinski definition) is 2. The van der Waals surface area contributed by atoms with Crippen LogP contribution in [0.3, 0.4) is 0 Å². The van der Waals surface area contributed by atoms with Crippen molar-refractivity contribution in [2.24, 2.45) is 0 Å². The van der Waals surface area contributed by atoms with Gasteiger partial charge < -0.3 is 15.4 Å². The highest BCUT2D eigenvalue weighted by molar-refractivity contribution is 5.74. The lowest BCUT2D eigenvalue weighted by Gasteiger charge is -2.18. The van der Waals surface area contributed by atoms with E-state index in [9.17, 15) is 4.79 Å². The van der Waals surface area contributed by atoms with Gasteiger partial charge in [0, 0.05) is 6.04 Å². The van der Waals surface area contributed by atoms with Crippen molar-refractivity contribution in [1.29, 1.82) is 0 Å². The quantitative estimate of drug-likeness (QED) is 0.828. The molecule has 2 atom stereocenters. The summed E-state index contributed by atoms with van der Waals surface area (Å²) >= 11 is 0. The molecule has 1 aromatic carbocycles. The van der Waals surface area contributed by atoms with Crippen LogP contribution in [0, 0.1) is 0 Å². The first-order valence-electron chi connectivity index (χ1n) is 6.86. The van der Waals surface area contributed by atoms with E-state index in [0.29, 0.717) is 6.61 Å². The fourth-order valence-electron chi connectivity index (χ4n) is 1.67. The molecule has 0 heterocycles. The van der Waals surface area contributed by atoms with Crippen molar-refractivity contribution in [3.63, 3.8) is 0 Å². The smallest absolute Gasteiger partial charge is 0.315 e. The summed E-state index contributed by atoms with van der Waals surface area (Å²) in [6.07, 6.45) is 0.921. The van der Waals surface area contributed by atoms with Crippen molar-refractivity contribution < 1.29 is 9.53 Å². The molecule has 0 aliphatic rings. The van der Waals surface area contributed by atoms with Crippen LogP contribution >= 0.6 is 0 Å². The number of ether oxygens (including phenoxy) is 1. The lowest BCUT2D eigenvalue weighted by Crippen LogP contribution is -2.41. The monoisotopic (exact) mass is 264 g/mol. The molecule has 4 heteroatoms. The summed E-state index contributed by atoms with van der Waals surface area (Å²) in [5, 5.41) is 5.81. The molecule has 0 aliphatic heterocycles. The van der Waals surface area contributed by atoms with Crippen LogP contribution in [0.25, 0.3) is 0 Å². The van der Waals surface area contributed by atoms with Gasteiger partial charge in [0.25, 0.3) is 0 Å². The Morgan fingerprint density at radius 2 is 1.79 bits per heavy atom. The number of carbonyl (C=O) groups is 1. The van der Waals surface area contributed by atoms with Gasteiger partial charge >= 0.3 is 6.03 Å². The standard InChI is InChI=1S/C15H24N2O2/c1-5-11(3)16-15(18)17-12(4)13-7-9-14(10-8-13)19-6-2/h7-12H,5-6H2,1-4H3,(H2,16,17,18)/t11-,12+/m1/s1. The molecule has 2 amide bonds. The topological polar surface area (TPSA) is 50.4 Å². The first-order chi connectivity index (χ1) is 9.06. The van der Waals surface area contributed by atoms with Crippen molar-refractivity contribution in [1.82, 2.24) is 10.6 Å². The molecule has 0 saturated carbocycles. The lowest BCUT2D eigenvalue weighted by atomic mass is 10.1. The van der Waals surface area contributed by atoms with Gasteiger partial charge in [-0.1, -0.05) is 19.1 Å². The molecule has 4 nitrogen and oxygen atoms in total. The van der Waals surface area contributed by atoms with Crippen LogP contribution in [0.1, 0.15) is 45.7 Å². The van der Waals surface area contributed by atoms with Crippen molar-refractivity contribution in [3.8, 4) is 5.75 Å². The number of hydrogen-bond donors (Lipinski definition) is 2. The summed E-state index contributed by atoms with van der Waals surface area (Å²) in [4.78, 5) is 11.7. The van der Waals surface area contributed by atoms with E-state index in [-0.39, 0.29) is 18.1 Å². The minimum absolute atomic E-state index is 0.0280. The molecule has 0 fully saturated rings. The van der Waals surface area contributed by atoms with Gasteiger partial charge in [0.05, 0.1) is 12.6 Å². The van der Waals surface area contributed by atoms with E-state index in [4.69, 9.17) is 4.74 Å². The number of benzene rings is 1. The van der Waals surface area contributed by atoms with Crippen LogP contribution in [0.15, 0.2) is 24.3 Å². The molecule has 0 spiro atoms. The second-order valence-electron chi connectivity index (χ2n) is 4.65. The van der Waals surface area contributed by atoms with Crippen LogP contribution in [0.2, 0.25) is 0 Å². The zero-order valence-corrected chi connectivity index (χ0v) is 12.2. The highest BCUT2D eigenvalue weighted by Crippen LogP contribution is 2.17. The SMILES string of the molecule is CCOc1ccc([C@H](C)NC(=O)N[C@H](C)CC)cc1. The van der Waals surface area contributed by atoms with E-state index >= 15 is 0 Å². The fourth-order valence-corrected chi connectivity index (χ4v) is 1.67.